The molecule has 1 aromatic carbocycles. The number of aryl methyl sites for hydroxylation is 1. The summed E-state index contributed by atoms with van der Waals surface area (Å²) in [6.45, 7) is 8.07. The number of aromatic nitrogens is 2. The summed E-state index contributed by atoms with van der Waals surface area (Å²) in [5.41, 5.74) is 10.6. The van der Waals surface area contributed by atoms with Gasteiger partial charge in [-0.15, -0.1) is 0 Å². The van der Waals surface area contributed by atoms with Gasteiger partial charge in [-0.1, -0.05) is 0 Å². The van der Waals surface area contributed by atoms with Gasteiger partial charge in [-0.05, 0) is 51.5 Å². The van der Waals surface area contributed by atoms with Crippen LogP contribution in [0.3, 0.4) is 0 Å². The second kappa shape index (κ2) is 5.36. The van der Waals surface area contributed by atoms with Crippen molar-refractivity contribution in [3.63, 3.8) is 0 Å². The number of nitrogens with zero attached hydrogens (tertiary/aromatic N) is 2. The highest BCUT2D eigenvalue weighted by Crippen LogP contribution is 2.21. The first-order valence-electron chi connectivity index (χ1n) is 6.55. The van der Waals surface area contributed by atoms with Crippen LogP contribution in [0.5, 0.6) is 0 Å². The van der Waals surface area contributed by atoms with Crippen molar-refractivity contribution in [1.29, 1.82) is 0 Å². The molecule has 2 aromatic rings. The predicted octanol–water partition coefficient (Wildman–Crippen LogP) is 2.56. The fourth-order valence-corrected chi connectivity index (χ4v) is 2.03. The topological polar surface area (TPSA) is 70.1 Å². The summed E-state index contributed by atoms with van der Waals surface area (Å²) < 4.78 is 6.82. The van der Waals surface area contributed by atoms with Crippen molar-refractivity contribution in [3.8, 4) is 5.69 Å². The lowest BCUT2D eigenvalue weighted by Gasteiger charge is -2.09. The van der Waals surface area contributed by atoms with Crippen molar-refractivity contribution in [2.75, 3.05) is 12.3 Å². The molecule has 0 saturated carbocycles. The third-order valence-electron chi connectivity index (χ3n) is 3.43. The van der Waals surface area contributed by atoms with Crippen molar-refractivity contribution in [1.82, 2.24) is 9.78 Å². The largest absolute Gasteiger partial charge is 0.462 e. The Morgan fingerprint density at radius 2 is 2.05 bits per heavy atom. The van der Waals surface area contributed by atoms with Crippen LogP contribution in [-0.4, -0.2) is 22.4 Å². The van der Waals surface area contributed by atoms with Gasteiger partial charge >= 0.3 is 5.97 Å². The zero-order chi connectivity index (χ0) is 14.9. The second-order valence-corrected chi connectivity index (χ2v) is 4.70. The molecule has 20 heavy (non-hydrogen) atoms. The van der Waals surface area contributed by atoms with Gasteiger partial charge in [0.1, 0.15) is 0 Å². The predicted molar refractivity (Wildman–Crippen MR) is 78.1 cm³/mol. The highest BCUT2D eigenvalue weighted by atomic mass is 16.5. The van der Waals surface area contributed by atoms with E-state index >= 15 is 0 Å². The Kier molecular flexibility index (Phi) is 3.79. The summed E-state index contributed by atoms with van der Waals surface area (Å²) in [5.74, 6) is -0.412. The Hall–Kier alpha value is -2.30. The molecule has 0 atom stereocenters. The molecule has 0 aliphatic heterocycles. The molecule has 2 N–H and O–H groups in total. The molecule has 0 unspecified atom stereocenters. The third kappa shape index (κ3) is 2.39. The number of ether oxygens (including phenoxy) is 1. The zero-order valence-corrected chi connectivity index (χ0v) is 12.2. The summed E-state index contributed by atoms with van der Waals surface area (Å²) in [6, 6.07) is 5.26. The minimum atomic E-state index is -0.412. The number of rotatable bonds is 3. The van der Waals surface area contributed by atoms with Gasteiger partial charge in [0.05, 0.1) is 23.6 Å². The molecule has 1 aromatic heterocycles. The van der Waals surface area contributed by atoms with Crippen molar-refractivity contribution in [3.05, 3.63) is 40.7 Å². The molecule has 0 spiro atoms. The molecule has 0 amide bonds. The monoisotopic (exact) mass is 273 g/mol. The Balaban J connectivity index is 2.51. The van der Waals surface area contributed by atoms with E-state index in [1.54, 1.807) is 19.1 Å². The number of nitrogen functional groups attached to an aromatic ring is 1. The number of nitrogens with two attached hydrogens (primary N) is 1. The van der Waals surface area contributed by atoms with Gasteiger partial charge < -0.3 is 10.5 Å². The number of benzene rings is 1. The third-order valence-corrected chi connectivity index (χ3v) is 3.43. The van der Waals surface area contributed by atoms with E-state index in [1.807, 2.05) is 31.5 Å². The fraction of sp³-hybridized carbons (Fsp3) is 0.333. The van der Waals surface area contributed by atoms with Crippen molar-refractivity contribution < 1.29 is 9.53 Å². The lowest BCUT2D eigenvalue weighted by molar-refractivity contribution is 0.0527. The average Bonchev–Trinajstić information content (AvgIpc) is 2.67. The van der Waals surface area contributed by atoms with Crippen LogP contribution in [0, 0.1) is 20.8 Å². The normalized spacial score (nSPS) is 10.6. The maximum atomic E-state index is 11.9. The van der Waals surface area contributed by atoms with E-state index in [0.29, 0.717) is 17.9 Å². The molecule has 2 rings (SSSR count). The van der Waals surface area contributed by atoms with Crippen LogP contribution < -0.4 is 5.73 Å². The van der Waals surface area contributed by atoms with Crippen LogP contribution in [-0.2, 0) is 4.74 Å². The molecule has 106 valence electrons. The Morgan fingerprint density at radius 3 is 2.60 bits per heavy atom. The Labute approximate surface area is 118 Å². The molecule has 0 saturated heterocycles. The molecule has 0 fully saturated rings. The molecule has 1 heterocycles. The van der Waals surface area contributed by atoms with E-state index in [0.717, 1.165) is 22.6 Å². The standard InChI is InChI=1S/C15H19N3O2/c1-5-20-15(19)13-8-12(6-7-14(13)16)18-11(4)9(2)10(3)17-18/h6-8H,5,16H2,1-4H3. The number of hydrogen-bond acceptors (Lipinski definition) is 4. The molecular weight excluding hydrogens is 254 g/mol. The van der Waals surface area contributed by atoms with Gasteiger partial charge in [0.2, 0.25) is 0 Å². The smallest absolute Gasteiger partial charge is 0.340 e. The van der Waals surface area contributed by atoms with Crippen molar-refractivity contribution in [2.24, 2.45) is 0 Å². The minimum Gasteiger partial charge on any atom is -0.462 e. The SMILES string of the molecule is CCOC(=O)c1cc(-n2nc(C)c(C)c2C)ccc1N. The molecule has 0 aliphatic carbocycles. The summed E-state index contributed by atoms with van der Waals surface area (Å²) >= 11 is 0. The first-order chi connectivity index (χ1) is 9.45. The highest BCUT2D eigenvalue weighted by molar-refractivity contribution is 5.95. The van der Waals surface area contributed by atoms with Crippen molar-refractivity contribution in [2.45, 2.75) is 27.7 Å². The van der Waals surface area contributed by atoms with E-state index in [1.165, 1.54) is 0 Å². The minimum absolute atomic E-state index is 0.321. The van der Waals surface area contributed by atoms with Gasteiger partial charge in [0.25, 0.3) is 0 Å². The fourth-order valence-electron chi connectivity index (χ4n) is 2.03. The quantitative estimate of drug-likeness (QED) is 0.689. The molecule has 0 radical (unpaired) electrons. The molecule has 5 heteroatoms. The van der Waals surface area contributed by atoms with Crippen LogP contribution >= 0.6 is 0 Å². The average molecular weight is 273 g/mol. The van der Waals surface area contributed by atoms with Crippen LogP contribution in [0.25, 0.3) is 5.69 Å². The van der Waals surface area contributed by atoms with Crippen LogP contribution in [0.15, 0.2) is 18.2 Å². The second-order valence-electron chi connectivity index (χ2n) is 4.70. The van der Waals surface area contributed by atoms with E-state index in [-0.39, 0.29) is 0 Å². The first kappa shape index (κ1) is 14.1. The van der Waals surface area contributed by atoms with E-state index in [9.17, 15) is 4.79 Å². The van der Waals surface area contributed by atoms with E-state index in [4.69, 9.17) is 10.5 Å². The van der Waals surface area contributed by atoms with E-state index < -0.39 is 5.97 Å². The molecule has 0 bridgehead atoms. The first-order valence-corrected chi connectivity index (χ1v) is 6.55. The Morgan fingerprint density at radius 1 is 1.35 bits per heavy atom. The van der Waals surface area contributed by atoms with Crippen LogP contribution in [0.4, 0.5) is 5.69 Å². The summed E-state index contributed by atoms with van der Waals surface area (Å²) in [6.07, 6.45) is 0. The van der Waals surface area contributed by atoms with Gasteiger partial charge in [0, 0.05) is 11.4 Å². The highest BCUT2D eigenvalue weighted by Gasteiger charge is 2.14. The molecular formula is C15H19N3O2. The van der Waals surface area contributed by atoms with E-state index in [2.05, 4.69) is 5.10 Å². The molecule has 5 nitrogen and oxygen atoms in total. The number of carbonyl (C=O) groups excluding carboxylic acids is 1. The summed E-state index contributed by atoms with van der Waals surface area (Å²) in [7, 11) is 0. The summed E-state index contributed by atoms with van der Waals surface area (Å²) in [4.78, 5) is 11.9. The summed E-state index contributed by atoms with van der Waals surface area (Å²) in [5, 5.41) is 4.48. The van der Waals surface area contributed by atoms with Gasteiger partial charge in [-0.2, -0.15) is 5.10 Å². The van der Waals surface area contributed by atoms with Crippen LogP contribution in [0.1, 0.15) is 34.2 Å². The number of esters is 1. The lowest BCUT2D eigenvalue weighted by Crippen LogP contribution is -2.10. The maximum absolute atomic E-state index is 11.9. The zero-order valence-electron chi connectivity index (χ0n) is 12.2. The number of carbonyl (C=O) groups is 1. The van der Waals surface area contributed by atoms with Gasteiger partial charge in [-0.25, -0.2) is 9.48 Å². The Bertz CT molecular complexity index is 659. The number of anilines is 1. The van der Waals surface area contributed by atoms with Crippen LogP contribution in [0.2, 0.25) is 0 Å². The van der Waals surface area contributed by atoms with Crippen molar-refractivity contribution >= 4 is 11.7 Å². The van der Waals surface area contributed by atoms with Gasteiger partial charge in [-0.3, -0.25) is 0 Å². The lowest BCUT2D eigenvalue weighted by atomic mass is 10.1. The number of hydrogen-bond donors (Lipinski definition) is 1. The van der Waals surface area contributed by atoms with Gasteiger partial charge in [0.15, 0.2) is 0 Å². The molecule has 0 aliphatic rings. The maximum Gasteiger partial charge on any atom is 0.340 e.